The number of nitrogens with one attached hydrogen (secondary N) is 3. The number of anilines is 2. The fraction of sp³-hybridized carbons (Fsp3) is 0.132. The summed E-state index contributed by atoms with van der Waals surface area (Å²) in [5.41, 5.74) is 4.99. The SMILES string of the molecule is Cc1ccc(-c2ccc(C=C(NC(=O)c3ccccc3)C(=O)Nc3ccc(SCC(=O)Nc4ccc(C(C)C)cc4)cc3)o2)cc1. The van der Waals surface area contributed by atoms with Gasteiger partial charge < -0.3 is 20.4 Å². The van der Waals surface area contributed by atoms with Crippen molar-refractivity contribution in [3.8, 4) is 11.3 Å². The minimum Gasteiger partial charge on any atom is -0.457 e. The van der Waals surface area contributed by atoms with E-state index < -0.39 is 11.8 Å². The second-order valence-electron chi connectivity index (χ2n) is 11.0. The van der Waals surface area contributed by atoms with Gasteiger partial charge >= 0.3 is 0 Å². The van der Waals surface area contributed by atoms with E-state index in [-0.39, 0.29) is 17.4 Å². The Hall–Kier alpha value is -5.34. The Balaban J connectivity index is 1.24. The number of amides is 3. The molecule has 5 rings (SSSR count). The molecular formula is C38H35N3O4S. The van der Waals surface area contributed by atoms with Gasteiger partial charge in [0.1, 0.15) is 17.2 Å². The van der Waals surface area contributed by atoms with Crippen LogP contribution in [0, 0.1) is 6.92 Å². The fourth-order valence-corrected chi connectivity index (χ4v) is 5.22. The largest absolute Gasteiger partial charge is 0.457 e. The first kappa shape index (κ1) is 32.1. The van der Waals surface area contributed by atoms with Crippen LogP contribution < -0.4 is 16.0 Å². The lowest BCUT2D eigenvalue weighted by Crippen LogP contribution is -2.30. The summed E-state index contributed by atoms with van der Waals surface area (Å²) < 4.78 is 6.00. The van der Waals surface area contributed by atoms with Crippen molar-refractivity contribution in [1.82, 2.24) is 5.32 Å². The van der Waals surface area contributed by atoms with E-state index in [2.05, 4.69) is 29.8 Å². The van der Waals surface area contributed by atoms with E-state index in [0.29, 0.717) is 28.7 Å². The third-order valence-corrected chi connectivity index (χ3v) is 8.13. The van der Waals surface area contributed by atoms with Gasteiger partial charge in [-0.15, -0.1) is 11.8 Å². The van der Waals surface area contributed by atoms with Gasteiger partial charge in [-0.05, 0) is 79.1 Å². The summed E-state index contributed by atoms with van der Waals surface area (Å²) in [6.45, 7) is 6.27. The third-order valence-electron chi connectivity index (χ3n) is 7.12. The van der Waals surface area contributed by atoms with Gasteiger partial charge in [-0.1, -0.05) is 74.0 Å². The van der Waals surface area contributed by atoms with Crippen LogP contribution in [0.15, 0.2) is 130 Å². The predicted molar refractivity (Wildman–Crippen MR) is 186 cm³/mol. The lowest BCUT2D eigenvalue weighted by atomic mass is 10.0. The first-order chi connectivity index (χ1) is 22.2. The van der Waals surface area contributed by atoms with Crippen LogP contribution in [0.1, 0.15) is 47.0 Å². The van der Waals surface area contributed by atoms with Crippen LogP contribution in [0.3, 0.4) is 0 Å². The van der Waals surface area contributed by atoms with Crippen molar-refractivity contribution in [2.45, 2.75) is 31.6 Å². The molecular weight excluding hydrogens is 595 g/mol. The normalized spacial score (nSPS) is 11.3. The Morgan fingerprint density at radius 1 is 0.761 bits per heavy atom. The number of hydrogen-bond donors (Lipinski definition) is 3. The monoisotopic (exact) mass is 629 g/mol. The highest BCUT2D eigenvalue weighted by Crippen LogP contribution is 2.25. The molecule has 0 saturated carbocycles. The first-order valence-electron chi connectivity index (χ1n) is 14.9. The van der Waals surface area contributed by atoms with Gasteiger partial charge in [0.2, 0.25) is 5.91 Å². The Kier molecular flexibility index (Phi) is 10.5. The van der Waals surface area contributed by atoms with Crippen LogP contribution >= 0.6 is 11.8 Å². The van der Waals surface area contributed by atoms with Crippen molar-refractivity contribution in [3.63, 3.8) is 0 Å². The number of hydrogen-bond acceptors (Lipinski definition) is 5. The molecule has 0 aliphatic rings. The number of carbonyl (C=O) groups is 3. The molecule has 0 fully saturated rings. The molecule has 1 heterocycles. The fourth-order valence-electron chi connectivity index (χ4n) is 4.52. The van der Waals surface area contributed by atoms with Crippen LogP contribution in [0.2, 0.25) is 0 Å². The van der Waals surface area contributed by atoms with Gasteiger partial charge in [0.25, 0.3) is 11.8 Å². The highest BCUT2D eigenvalue weighted by atomic mass is 32.2. The Morgan fingerprint density at radius 3 is 2.09 bits per heavy atom. The summed E-state index contributed by atoms with van der Waals surface area (Å²) in [5, 5.41) is 8.50. The quantitative estimate of drug-likeness (QED) is 0.100. The number of aryl methyl sites for hydroxylation is 1. The number of benzene rings is 4. The summed E-state index contributed by atoms with van der Waals surface area (Å²) >= 11 is 1.39. The number of carbonyl (C=O) groups excluding carboxylic acids is 3. The maximum Gasteiger partial charge on any atom is 0.272 e. The molecule has 46 heavy (non-hydrogen) atoms. The molecule has 232 valence electrons. The molecule has 0 atom stereocenters. The molecule has 0 unspecified atom stereocenters. The van der Waals surface area contributed by atoms with Crippen molar-refractivity contribution in [2.75, 3.05) is 16.4 Å². The maximum atomic E-state index is 13.4. The zero-order valence-electron chi connectivity index (χ0n) is 25.9. The standard InChI is InChI=1S/C38H35N3O4S/c1-25(2)27-13-15-30(16-14-27)39-36(42)24-46-33-20-17-31(18-21-33)40-38(44)34(41-37(43)29-7-5-4-6-8-29)23-32-19-22-35(45-32)28-11-9-26(3)10-12-28/h4-23,25H,24H2,1-3H3,(H,39,42)(H,40,44)(H,41,43). The number of thioether (sulfide) groups is 1. The molecule has 0 saturated heterocycles. The second-order valence-corrected chi connectivity index (χ2v) is 12.1. The first-order valence-corrected chi connectivity index (χ1v) is 15.9. The molecule has 0 radical (unpaired) electrons. The van der Waals surface area contributed by atoms with Crippen molar-refractivity contribution in [2.24, 2.45) is 0 Å². The van der Waals surface area contributed by atoms with Gasteiger partial charge in [0.15, 0.2) is 0 Å². The summed E-state index contributed by atoms with van der Waals surface area (Å²) in [7, 11) is 0. The zero-order chi connectivity index (χ0) is 32.5. The Labute approximate surface area is 273 Å². The lowest BCUT2D eigenvalue weighted by molar-refractivity contribution is -0.114. The lowest BCUT2D eigenvalue weighted by Gasteiger charge is -2.11. The predicted octanol–water partition coefficient (Wildman–Crippen LogP) is 8.52. The van der Waals surface area contributed by atoms with Gasteiger partial charge in [0.05, 0.1) is 5.75 Å². The minimum atomic E-state index is -0.513. The van der Waals surface area contributed by atoms with Gasteiger partial charge in [-0.2, -0.15) is 0 Å². The van der Waals surface area contributed by atoms with Crippen molar-refractivity contribution in [1.29, 1.82) is 0 Å². The molecule has 3 amide bonds. The highest BCUT2D eigenvalue weighted by Gasteiger charge is 2.17. The van der Waals surface area contributed by atoms with Crippen LogP contribution in [0.5, 0.6) is 0 Å². The Morgan fingerprint density at radius 2 is 1.41 bits per heavy atom. The van der Waals surface area contributed by atoms with Gasteiger partial charge in [-0.3, -0.25) is 14.4 Å². The molecule has 0 aliphatic carbocycles. The van der Waals surface area contributed by atoms with E-state index in [0.717, 1.165) is 21.7 Å². The average molecular weight is 630 g/mol. The summed E-state index contributed by atoms with van der Waals surface area (Å²) in [5.74, 6) is 0.684. The van der Waals surface area contributed by atoms with Gasteiger partial charge in [-0.25, -0.2) is 0 Å². The average Bonchev–Trinajstić information content (AvgIpc) is 3.53. The summed E-state index contributed by atoms with van der Waals surface area (Å²) in [6, 6.07) is 35.2. The van der Waals surface area contributed by atoms with Crippen molar-refractivity contribution < 1.29 is 18.8 Å². The molecule has 0 bridgehead atoms. The van der Waals surface area contributed by atoms with Crippen LogP contribution in [0.4, 0.5) is 11.4 Å². The van der Waals surface area contributed by atoms with E-state index in [1.54, 1.807) is 42.5 Å². The molecule has 5 aromatic rings. The smallest absolute Gasteiger partial charge is 0.272 e. The van der Waals surface area contributed by atoms with Crippen molar-refractivity contribution >= 4 is 46.9 Å². The highest BCUT2D eigenvalue weighted by molar-refractivity contribution is 8.00. The molecule has 4 aromatic carbocycles. The number of furan rings is 1. The van der Waals surface area contributed by atoms with E-state index >= 15 is 0 Å². The maximum absolute atomic E-state index is 13.4. The summed E-state index contributed by atoms with van der Waals surface area (Å²) in [6.07, 6.45) is 1.51. The molecule has 1 aromatic heterocycles. The topological polar surface area (TPSA) is 100 Å². The van der Waals surface area contributed by atoms with E-state index in [9.17, 15) is 14.4 Å². The molecule has 0 spiro atoms. The second kappa shape index (κ2) is 15.1. The van der Waals surface area contributed by atoms with E-state index in [4.69, 9.17) is 4.42 Å². The molecule has 7 nitrogen and oxygen atoms in total. The molecule has 8 heteroatoms. The molecule has 0 aliphatic heterocycles. The summed E-state index contributed by atoms with van der Waals surface area (Å²) in [4.78, 5) is 39.8. The zero-order valence-corrected chi connectivity index (χ0v) is 26.7. The van der Waals surface area contributed by atoms with Crippen LogP contribution in [-0.4, -0.2) is 23.5 Å². The Bertz CT molecular complexity index is 1830. The molecule has 3 N–H and O–H groups in total. The third kappa shape index (κ3) is 8.86. The van der Waals surface area contributed by atoms with E-state index in [1.165, 1.54) is 23.4 Å². The van der Waals surface area contributed by atoms with Crippen LogP contribution in [0.25, 0.3) is 17.4 Å². The van der Waals surface area contributed by atoms with Crippen molar-refractivity contribution in [3.05, 3.63) is 143 Å². The number of rotatable bonds is 11. The minimum absolute atomic E-state index is 0.0233. The van der Waals surface area contributed by atoms with Gasteiger partial charge in [0, 0.05) is 33.5 Å². The van der Waals surface area contributed by atoms with Crippen LogP contribution in [-0.2, 0) is 9.59 Å². The van der Waals surface area contributed by atoms with E-state index in [1.807, 2.05) is 79.7 Å².